The van der Waals surface area contributed by atoms with Crippen molar-refractivity contribution in [3.63, 3.8) is 0 Å². The predicted molar refractivity (Wildman–Crippen MR) is 140 cm³/mol. The first-order valence-electron chi connectivity index (χ1n) is 13.3. The van der Waals surface area contributed by atoms with Crippen LogP contribution in [-0.4, -0.2) is 52.7 Å². The minimum Gasteiger partial charge on any atom is -0.496 e. The first-order valence-corrected chi connectivity index (χ1v) is 13.3. The zero-order valence-corrected chi connectivity index (χ0v) is 21.1. The van der Waals surface area contributed by atoms with Crippen molar-refractivity contribution >= 4 is 22.8 Å². The number of nitrogens with zero attached hydrogens (tertiary/aromatic N) is 4. The Kier molecular flexibility index (Phi) is 6.43. The molecule has 1 spiro atoms. The monoisotopic (exact) mass is 491 g/mol. The minimum atomic E-state index is 0.271. The SMILES string of the molecule is COc1cc(CNC2CCOCC2)ccc1Cn1ncc2nc(N)nc(NCC3CC4(CCC4)C3)c21. The van der Waals surface area contributed by atoms with Crippen molar-refractivity contribution in [1.29, 1.82) is 0 Å². The second-order valence-corrected chi connectivity index (χ2v) is 10.9. The Morgan fingerprint density at radius 2 is 2.03 bits per heavy atom. The fourth-order valence-electron chi connectivity index (χ4n) is 6.25. The predicted octanol–water partition coefficient (Wildman–Crippen LogP) is 3.73. The summed E-state index contributed by atoms with van der Waals surface area (Å²) in [5, 5.41) is 11.9. The molecule has 192 valence electrons. The van der Waals surface area contributed by atoms with Crippen LogP contribution in [0.5, 0.6) is 5.75 Å². The van der Waals surface area contributed by atoms with Gasteiger partial charge >= 0.3 is 0 Å². The molecule has 2 aliphatic carbocycles. The van der Waals surface area contributed by atoms with E-state index in [-0.39, 0.29) is 5.95 Å². The lowest BCUT2D eigenvalue weighted by Crippen LogP contribution is -2.45. The largest absolute Gasteiger partial charge is 0.496 e. The van der Waals surface area contributed by atoms with Gasteiger partial charge in [-0.3, -0.25) is 4.68 Å². The molecule has 0 amide bonds. The van der Waals surface area contributed by atoms with Crippen molar-refractivity contribution in [2.24, 2.45) is 11.3 Å². The third-order valence-electron chi connectivity index (χ3n) is 8.41. The first-order chi connectivity index (χ1) is 17.6. The van der Waals surface area contributed by atoms with Crippen LogP contribution in [0.3, 0.4) is 0 Å². The van der Waals surface area contributed by atoms with Gasteiger partial charge in [-0.05, 0) is 61.5 Å². The molecule has 3 aromatic rings. The molecule has 3 fully saturated rings. The molecule has 9 heteroatoms. The highest BCUT2D eigenvalue weighted by Gasteiger charge is 2.47. The van der Waals surface area contributed by atoms with E-state index in [1.807, 2.05) is 4.68 Å². The van der Waals surface area contributed by atoms with Crippen molar-refractivity contribution in [3.05, 3.63) is 35.5 Å². The summed E-state index contributed by atoms with van der Waals surface area (Å²) < 4.78 is 13.2. The molecular weight excluding hydrogens is 454 g/mol. The number of fused-ring (bicyclic) bond motifs is 1. The van der Waals surface area contributed by atoms with E-state index < -0.39 is 0 Å². The molecule has 9 nitrogen and oxygen atoms in total. The van der Waals surface area contributed by atoms with E-state index >= 15 is 0 Å². The van der Waals surface area contributed by atoms with Crippen molar-refractivity contribution in [2.45, 2.75) is 64.1 Å². The van der Waals surface area contributed by atoms with Crippen LogP contribution in [0.4, 0.5) is 11.8 Å². The topological polar surface area (TPSA) is 112 Å². The highest BCUT2D eigenvalue weighted by Crippen LogP contribution is 2.58. The molecule has 6 rings (SSSR count). The highest BCUT2D eigenvalue weighted by molar-refractivity contribution is 5.86. The van der Waals surface area contributed by atoms with Gasteiger partial charge in [0.25, 0.3) is 0 Å². The molecule has 2 aromatic heterocycles. The van der Waals surface area contributed by atoms with E-state index in [0.717, 1.165) is 67.3 Å². The molecule has 1 aliphatic heterocycles. The molecule has 36 heavy (non-hydrogen) atoms. The summed E-state index contributed by atoms with van der Waals surface area (Å²) in [5.41, 5.74) is 10.6. The standard InChI is InChI=1S/C27H37N7O2/c1-35-23-11-18(14-29-21-5-9-36-10-6-21)3-4-20(23)17-34-24-22(16-31-34)32-26(28)33-25(24)30-15-19-12-27(13-19)7-2-8-27/h3-4,11,16,19,21,29H,2,5-10,12-15,17H2,1H3,(H3,28,30,32,33). The van der Waals surface area contributed by atoms with Crippen LogP contribution in [0, 0.1) is 11.3 Å². The highest BCUT2D eigenvalue weighted by atomic mass is 16.5. The maximum atomic E-state index is 6.03. The molecule has 1 aromatic carbocycles. The first kappa shape index (κ1) is 23.5. The smallest absolute Gasteiger partial charge is 0.222 e. The lowest BCUT2D eigenvalue weighted by Gasteiger charge is -2.54. The van der Waals surface area contributed by atoms with E-state index in [0.29, 0.717) is 23.9 Å². The van der Waals surface area contributed by atoms with Gasteiger partial charge in [-0.15, -0.1) is 0 Å². The molecule has 3 heterocycles. The number of hydrogen-bond acceptors (Lipinski definition) is 8. The van der Waals surface area contributed by atoms with Crippen LogP contribution >= 0.6 is 0 Å². The van der Waals surface area contributed by atoms with Crippen LogP contribution in [0.1, 0.15) is 56.1 Å². The Labute approximate surface area is 212 Å². The maximum Gasteiger partial charge on any atom is 0.222 e. The van der Waals surface area contributed by atoms with Crippen LogP contribution in [0.2, 0.25) is 0 Å². The summed E-state index contributed by atoms with van der Waals surface area (Å²) in [6.45, 7) is 3.97. The molecule has 0 radical (unpaired) electrons. The van der Waals surface area contributed by atoms with Gasteiger partial charge in [0.2, 0.25) is 5.95 Å². The molecule has 0 bridgehead atoms. The molecule has 2 saturated carbocycles. The molecule has 0 unspecified atom stereocenters. The quantitative estimate of drug-likeness (QED) is 0.415. The lowest BCUT2D eigenvalue weighted by molar-refractivity contribution is -0.0185. The number of nitrogens with one attached hydrogen (secondary N) is 2. The Balaban J connectivity index is 1.16. The number of hydrogen-bond donors (Lipinski definition) is 3. The second-order valence-electron chi connectivity index (χ2n) is 10.9. The van der Waals surface area contributed by atoms with Gasteiger partial charge in [0.1, 0.15) is 16.8 Å². The molecule has 1 saturated heterocycles. The summed E-state index contributed by atoms with van der Waals surface area (Å²) in [5.74, 6) is 2.60. The Hall–Kier alpha value is -2.91. The summed E-state index contributed by atoms with van der Waals surface area (Å²) in [6.07, 6.45) is 10.8. The van der Waals surface area contributed by atoms with Gasteiger partial charge in [-0.1, -0.05) is 18.6 Å². The van der Waals surface area contributed by atoms with Gasteiger partial charge in [-0.25, -0.2) is 4.98 Å². The fraction of sp³-hybridized carbons (Fsp3) is 0.593. The Bertz CT molecular complexity index is 1210. The number of nitrogens with two attached hydrogens (primary N) is 1. The van der Waals surface area contributed by atoms with Gasteiger partial charge < -0.3 is 25.8 Å². The number of nitrogen functional groups attached to an aromatic ring is 1. The number of rotatable bonds is 9. The van der Waals surface area contributed by atoms with E-state index in [9.17, 15) is 0 Å². The minimum absolute atomic E-state index is 0.271. The molecule has 4 N–H and O–H groups in total. The van der Waals surface area contributed by atoms with Crippen molar-refractivity contribution in [1.82, 2.24) is 25.1 Å². The van der Waals surface area contributed by atoms with E-state index in [4.69, 9.17) is 15.2 Å². The number of ether oxygens (including phenoxy) is 2. The summed E-state index contributed by atoms with van der Waals surface area (Å²) in [4.78, 5) is 8.97. The molecule has 3 aliphatic rings. The normalized spacial score (nSPS) is 19.8. The van der Waals surface area contributed by atoms with Gasteiger partial charge in [0.15, 0.2) is 5.82 Å². The number of aromatic nitrogens is 4. The average Bonchev–Trinajstić information content (AvgIpc) is 3.24. The van der Waals surface area contributed by atoms with Crippen LogP contribution < -0.4 is 21.1 Å². The molecular formula is C27H37N7O2. The van der Waals surface area contributed by atoms with Gasteiger partial charge in [-0.2, -0.15) is 10.1 Å². The second kappa shape index (κ2) is 9.86. The number of benzene rings is 1. The summed E-state index contributed by atoms with van der Waals surface area (Å²) >= 11 is 0. The third-order valence-corrected chi connectivity index (χ3v) is 8.41. The van der Waals surface area contributed by atoms with Crippen LogP contribution in [-0.2, 0) is 17.8 Å². The van der Waals surface area contributed by atoms with E-state index in [1.165, 1.54) is 37.7 Å². The van der Waals surface area contributed by atoms with E-state index in [1.54, 1.807) is 13.3 Å². The Morgan fingerprint density at radius 1 is 1.19 bits per heavy atom. The third kappa shape index (κ3) is 4.74. The average molecular weight is 492 g/mol. The summed E-state index contributed by atoms with van der Waals surface area (Å²) in [7, 11) is 1.72. The number of methoxy groups -OCH3 is 1. The van der Waals surface area contributed by atoms with E-state index in [2.05, 4.69) is 43.9 Å². The van der Waals surface area contributed by atoms with Crippen molar-refractivity contribution < 1.29 is 9.47 Å². The fourth-order valence-corrected chi connectivity index (χ4v) is 6.25. The van der Waals surface area contributed by atoms with Gasteiger partial charge in [0, 0.05) is 37.9 Å². The zero-order valence-electron chi connectivity index (χ0n) is 21.1. The zero-order chi connectivity index (χ0) is 24.5. The molecule has 0 atom stereocenters. The lowest BCUT2D eigenvalue weighted by atomic mass is 9.52. The van der Waals surface area contributed by atoms with Gasteiger partial charge in [0.05, 0.1) is 19.9 Å². The Morgan fingerprint density at radius 3 is 2.78 bits per heavy atom. The number of anilines is 2. The van der Waals surface area contributed by atoms with Crippen molar-refractivity contribution in [3.8, 4) is 5.75 Å². The maximum absolute atomic E-state index is 6.03. The van der Waals surface area contributed by atoms with Crippen LogP contribution in [0.25, 0.3) is 11.0 Å². The van der Waals surface area contributed by atoms with Crippen LogP contribution in [0.15, 0.2) is 24.4 Å². The summed E-state index contributed by atoms with van der Waals surface area (Å²) in [6, 6.07) is 6.92. The van der Waals surface area contributed by atoms with Crippen molar-refractivity contribution in [2.75, 3.05) is 37.9 Å².